The van der Waals surface area contributed by atoms with Crippen molar-refractivity contribution in [1.29, 1.82) is 0 Å². The second-order valence-electron chi connectivity index (χ2n) is 4.26. The molecule has 0 aliphatic rings. The van der Waals surface area contributed by atoms with Crippen molar-refractivity contribution >= 4 is 27.4 Å². The van der Waals surface area contributed by atoms with Crippen LogP contribution in [0.25, 0.3) is 0 Å². The van der Waals surface area contributed by atoms with E-state index >= 15 is 0 Å². The van der Waals surface area contributed by atoms with Crippen LogP contribution in [-0.2, 0) is 0 Å². The Kier molecular flexibility index (Phi) is 4.57. The number of ether oxygens (including phenoxy) is 1. The summed E-state index contributed by atoms with van der Waals surface area (Å²) in [4.78, 5) is 12.5. The number of nitrogen functional groups attached to an aromatic ring is 1. The van der Waals surface area contributed by atoms with E-state index in [9.17, 15) is 13.6 Å². The van der Waals surface area contributed by atoms with Gasteiger partial charge in [-0.05, 0) is 31.2 Å². The van der Waals surface area contributed by atoms with Crippen LogP contribution in [0, 0.1) is 11.6 Å². The lowest BCUT2D eigenvalue weighted by molar-refractivity contribution is 0.103. The number of carbonyl (C=O) groups excluding carboxylic acids is 1. The van der Waals surface area contributed by atoms with Crippen molar-refractivity contribution in [3.8, 4) is 5.75 Å². The Labute approximate surface area is 128 Å². The van der Waals surface area contributed by atoms with E-state index < -0.39 is 17.4 Å². The maximum atomic E-state index is 13.3. The summed E-state index contributed by atoms with van der Waals surface area (Å²) in [6, 6.07) is 6.48. The summed E-state index contributed by atoms with van der Waals surface area (Å²) < 4.78 is 32.5. The Morgan fingerprint density at radius 2 is 1.86 bits per heavy atom. The van der Waals surface area contributed by atoms with E-state index in [4.69, 9.17) is 10.5 Å². The molecular formula is C15H12BrF2NO2. The van der Waals surface area contributed by atoms with E-state index in [1.165, 1.54) is 0 Å². The van der Waals surface area contributed by atoms with Crippen molar-refractivity contribution < 1.29 is 18.3 Å². The van der Waals surface area contributed by atoms with Crippen LogP contribution in [0.4, 0.5) is 14.5 Å². The number of benzene rings is 2. The number of halogens is 3. The van der Waals surface area contributed by atoms with Gasteiger partial charge >= 0.3 is 0 Å². The van der Waals surface area contributed by atoms with Gasteiger partial charge in [-0.25, -0.2) is 8.78 Å². The molecule has 0 aliphatic heterocycles. The molecule has 2 aromatic rings. The van der Waals surface area contributed by atoms with Gasteiger partial charge in [0.2, 0.25) is 0 Å². The van der Waals surface area contributed by atoms with E-state index in [0.29, 0.717) is 16.8 Å². The fourth-order valence-electron chi connectivity index (χ4n) is 1.86. The Morgan fingerprint density at radius 1 is 1.19 bits per heavy atom. The maximum Gasteiger partial charge on any atom is 0.198 e. The molecule has 3 nitrogen and oxygen atoms in total. The Balaban J connectivity index is 2.54. The van der Waals surface area contributed by atoms with E-state index in [0.717, 1.165) is 12.1 Å². The van der Waals surface area contributed by atoms with Crippen molar-refractivity contribution in [2.24, 2.45) is 0 Å². The van der Waals surface area contributed by atoms with Gasteiger partial charge in [0.15, 0.2) is 17.4 Å². The molecule has 0 bridgehead atoms. The molecule has 0 fully saturated rings. The topological polar surface area (TPSA) is 52.3 Å². The highest BCUT2D eigenvalue weighted by atomic mass is 79.9. The molecular weight excluding hydrogens is 344 g/mol. The molecule has 0 atom stereocenters. The van der Waals surface area contributed by atoms with Crippen molar-refractivity contribution in [2.75, 3.05) is 12.3 Å². The minimum Gasteiger partial charge on any atom is -0.493 e. The first kappa shape index (κ1) is 15.4. The molecule has 2 rings (SSSR count). The molecule has 0 radical (unpaired) electrons. The van der Waals surface area contributed by atoms with Gasteiger partial charge in [-0.3, -0.25) is 4.79 Å². The third-order valence-electron chi connectivity index (χ3n) is 2.82. The van der Waals surface area contributed by atoms with Crippen LogP contribution in [0.3, 0.4) is 0 Å². The van der Waals surface area contributed by atoms with Crippen molar-refractivity contribution in [3.05, 3.63) is 57.6 Å². The molecule has 0 heterocycles. The number of anilines is 1. The molecule has 6 heteroatoms. The fourth-order valence-corrected chi connectivity index (χ4v) is 2.23. The van der Waals surface area contributed by atoms with E-state index in [1.807, 2.05) is 0 Å². The molecule has 21 heavy (non-hydrogen) atoms. The summed E-state index contributed by atoms with van der Waals surface area (Å²) in [5, 5.41) is 0. The van der Waals surface area contributed by atoms with Gasteiger partial charge in [-0.2, -0.15) is 0 Å². The lowest BCUT2D eigenvalue weighted by Gasteiger charge is -2.11. The van der Waals surface area contributed by atoms with Crippen LogP contribution in [0.2, 0.25) is 0 Å². The molecule has 2 N–H and O–H groups in total. The third kappa shape index (κ3) is 3.21. The van der Waals surface area contributed by atoms with Gasteiger partial charge < -0.3 is 10.5 Å². The highest BCUT2D eigenvalue weighted by Gasteiger charge is 2.20. The highest BCUT2D eigenvalue weighted by molar-refractivity contribution is 9.10. The molecule has 2 aromatic carbocycles. The Morgan fingerprint density at radius 3 is 2.52 bits per heavy atom. The predicted molar refractivity (Wildman–Crippen MR) is 79.5 cm³/mol. The number of ketones is 1. The van der Waals surface area contributed by atoms with Gasteiger partial charge in [-0.1, -0.05) is 15.9 Å². The first-order valence-electron chi connectivity index (χ1n) is 6.15. The SMILES string of the molecule is CCOc1ccc(Br)cc1C(=O)c1cc(F)c(F)cc1N. The zero-order chi connectivity index (χ0) is 15.6. The van der Waals surface area contributed by atoms with Crippen LogP contribution in [0.1, 0.15) is 22.8 Å². The predicted octanol–water partition coefficient (Wildman–Crippen LogP) is 3.94. The lowest BCUT2D eigenvalue weighted by atomic mass is 10.0. The summed E-state index contributed by atoms with van der Waals surface area (Å²) in [5.41, 5.74) is 5.61. The molecule has 0 saturated heterocycles. The first-order valence-corrected chi connectivity index (χ1v) is 6.95. The number of hydrogen-bond donors (Lipinski definition) is 1. The van der Waals surface area contributed by atoms with Crippen molar-refractivity contribution in [1.82, 2.24) is 0 Å². The maximum absolute atomic E-state index is 13.3. The summed E-state index contributed by atoms with van der Waals surface area (Å²) in [5.74, 6) is -2.39. The first-order chi connectivity index (χ1) is 9.93. The van der Waals surface area contributed by atoms with Crippen molar-refractivity contribution in [2.45, 2.75) is 6.92 Å². The summed E-state index contributed by atoms with van der Waals surface area (Å²) in [7, 11) is 0. The zero-order valence-corrected chi connectivity index (χ0v) is 12.7. The average molecular weight is 356 g/mol. The van der Waals surface area contributed by atoms with E-state index in [-0.39, 0.29) is 16.8 Å². The molecule has 0 aromatic heterocycles. The van der Waals surface area contributed by atoms with Gasteiger partial charge in [0.1, 0.15) is 5.75 Å². The van der Waals surface area contributed by atoms with Crippen LogP contribution in [0.5, 0.6) is 5.75 Å². The minimum atomic E-state index is -1.12. The smallest absolute Gasteiger partial charge is 0.198 e. The zero-order valence-electron chi connectivity index (χ0n) is 11.1. The molecule has 0 amide bonds. The molecule has 110 valence electrons. The average Bonchev–Trinajstić information content (AvgIpc) is 2.44. The van der Waals surface area contributed by atoms with Crippen LogP contribution in [0.15, 0.2) is 34.8 Å². The monoisotopic (exact) mass is 355 g/mol. The highest BCUT2D eigenvalue weighted by Crippen LogP contribution is 2.28. The van der Waals surface area contributed by atoms with Gasteiger partial charge in [0, 0.05) is 21.8 Å². The second-order valence-corrected chi connectivity index (χ2v) is 5.17. The standard InChI is InChI=1S/C15H12BrF2NO2/c1-2-21-14-4-3-8(16)5-10(14)15(20)9-6-11(17)12(18)7-13(9)19/h3-7H,2,19H2,1H3. The number of carbonyl (C=O) groups is 1. The quantitative estimate of drug-likeness (QED) is 0.667. The minimum absolute atomic E-state index is 0.104. The van der Waals surface area contributed by atoms with Crippen molar-refractivity contribution in [3.63, 3.8) is 0 Å². The number of rotatable bonds is 4. The molecule has 0 aliphatic carbocycles. The molecule has 0 saturated carbocycles. The fraction of sp³-hybridized carbons (Fsp3) is 0.133. The van der Waals surface area contributed by atoms with Gasteiger partial charge in [0.05, 0.1) is 12.2 Å². The third-order valence-corrected chi connectivity index (χ3v) is 3.32. The van der Waals surface area contributed by atoms with Crippen LogP contribution < -0.4 is 10.5 Å². The normalized spacial score (nSPS) is 10.5. The number of nitrogens with two attached hydrogens (primary N) is 1. The summed E-state index contributed by atoms with van der Waals surface area (Å²) >= 11 is 3.26. The van der Waals surface area contributed by atoms with Gasteiger partial charge in [-0.15, -0.1) is 0 Å². The summed E-state index contributed by atoms with van der Waals surface area (Å²) in [6.45, 7) is 2.15. The molecule has 0 unspecified atom stereocenters. The Bertz CT molecular complexity index is 704. The molecule has 0 spiro atoms. The largest absolute Gasteiger partial charge is 0.493 e. The van der Waals surface area contributed by atoms with E-state index in [2.05, 4.69) is 15.9 Å². The van der Waals surface area contributed by atoms with Crippen LogP contribution >= 0.6 is 15.9 Å². The van der Waals surface area contributed by atoms with Gasteiger partial charge in [0.25, 0.3) is 0 Å². The Hall–Kier alpha value is -1.95. The second kappa shape index (κ2) is 6.22. The van der Waals surface area contributed by atoms with E-state index in [1.54, 1.807) is 25.1 Å². The summed E-state index contributed by atoms with van der Waals surface area (Å²) in [6.07, 6.45) is 0. The number of hydrogen-bond acceptors (Lipinski definition) is 3. The lowest BCUT2D eigenvalue weighted by Crippen LogP contribution is -2.09. The van der Waals surface area contributed by atoms with Crippen LogP contribution in [-0.4, -0.2) is 12.4 Å².